The summed E-state index contributed by atoms with van der Waals surface area (Å²) >= 11 is 0. The van der Waals surface area contributed by atoms with Crippen molar-refractivity contribution in [1.82, 2.24) is 0 Å². The molecule has 0 saturated heterocycles. The summed E-state index contributed by atoms with van der Waals surface area (Å²) < 4.78 is 32.7. The summed E-state index contributed by atoms with van der Waals surface area (Å²) in [6, 6.07) is 3.39. The molecule has 2 nitrogen and oxygen atoms in total. The van der Waals surface area contributed by atoms with Crippen LogP contribution in [0.25, 0.3) is 0 Å². The van der Waals surface area contributed by atoms with Crippen molar-refractivity contribution in [3.63, 3.8) is 0 Å². The van der Waals surface area contributed by atoms with Crippen molar-refractivity contribution >= 4 is 5.97 Å². The average Bonchev–Trinajstić information content (AvgIpc) is 2.57. The molecule has 0 amide bonds. The molecule has 0 N–H and O–H groups in total. The third kappa shape index (κ3) is 8.46. The van der Waals surface area contributed by atoms with Gasteiger partial charge in [0.05, 0.1) is 0 Å². The fourth-order valence-corrected chi connectivity index (χ4v) is 2.99. The zero-order valence-corrected chi connectivity index (χ0v) is 15.7. The molecule has 0 aromatic heterocycles. The monoisotopic (exact) mass is 354 g/mol. The van der Waals surface area contributed by atoms with E-state index in [9.17, 15) is 13.6 Å². The Hall–Kier alpha value is -1.45. The van der Waals surface area contributed by atoms with E-state index in [-0.39, 0.29) is 6.10 Å². The molecule has 0 fully saturated rings. The largest absolute Gasteiger partial charge is 0.459 e. The molecule has 142 valence electrons. The summed E-state index contributed by atoms with van der Waals surface area (Å²) in [5, 5.41) is 0. The molecule has 0 heterocycles. The molecule has 25 heavy (non-hydrogen) atoms. The van der Waals surface area contributed by atoms with Crippen LogP contribution in [-0.2, 0) is 4.74 Å². The standard InChI is InChI=1S/C21H32F2O2/c1-3-5-6-7-8-9-10-11-14-17(13-4-2)25-21(24)20-18(22)15-12-16-19(20)23/h12,15-17H,3-11,13-14H2,1-2H3. The van der Waals surface area contributed by atoms with Crippen molar-refractivity contribution in [2.24, 2.45) is 0 Å². The molecule has 1 atom stereocenters. The first kappa shape index (κ1) is 21.6. The molecule has 0 saturated carbocycles. The summed E-state index contributed by atoms with van der Waals surface area (Å²) in [6.45, 7) is 4.22. The second-order valence-electron chi connectivity index (χ2n) is 6.68. The minimum Gasteiger partial charge on any atom is -0.459 e. The molecule has 0 aliphatic rings. The number of rotatable bonds is 13. The molecule has 0 spiro atoms. The third-order valence-electron chi connectivity index (χ3n) is 4.43. The Labute approximate surface area is 151 Å². The van der Waals surface area contributed by atoms with Crippen molar-refractivity contribution in [1.29, 1.82) is 0 Å². The molecule has 1 rings (SSSR count). The number of carbonyl (C=O) groups is 1. The Bertz CT molecular complexity index is 482. The smallest absolute Gasteiger partial charge is 0.344 e. The van der Waals surface area contributed by atoms with E-state index in [1.807, 2.05) is 6.92 Å². The van der Waals surface area contributed by atoms with Gasteiger partial charge in [0, 0.05) is 0 Å². The van der Waals surface area contributed by atoms with Gasteiger partial charge in [0.1, 0.15) is 23.3 Å². The summed E-state index contributed by atoms with van der Waals surface area (Å²) in [7, 11) is 0. The second-order valence-corrected chi connectivity index (χ2v) is 6.68. The molecule has 0 aliphatic carbocycles. The van der Waals surface area contributed by atoms with Gasteiger partial charge in [-0.1, -0.05) is 71.3 Å². The minimum atomic E-state index is -0.895. The van der Waals surface area contributed by atoms with Gasteiger partial charge in [-0.3, -0.25) is 0 Å². The van der Waals surface area contributed by atoms with Gasteiger partial charge in [-0.05, 0) is 31.4 Å². The van der Waals surface area contributed by atoms with Crippen molar-refractivity contribution in [2.45, 2.75) is 90.6 Å². The van der Waals surface area contributed by atoms with Crippen LogP contribution in [0, 0.1) is 11.6 Å². The average molecular weight is 354 g/mol. The predicted octanol–water partition coefficient (Wildman–Crippen LogP) is 6.82. The molecular formula is C21H32F2O2. The zero-order valence-electron chi connectivity index (χ0n) is 15.7. The number of benzene rings is 1. The summed E-state index contributed by atoms with van der Waals surface area (Å²) in [5.74, 6) is -2.63. The number of esters is 1. The lowest BCUT2D eigenvalue weighted by atomic mass is 10.0. The quantitative estimate of drug-likeness (QED) is 0.287. The van der Waals surface area contributed by atoms with Crippen molar-refractivity contribution in [3.8, 4) is 0 Å². The third-order valence-corrected chi connectivity index (χ3v) is 4.43. The van der Waals surface area contributed by atoms with Crippen molar-refractivity contribution in [2.75, 3.05) is 0 Å². The molecular weight excluding hydrogens is 322 g/mol. The van der Waals surface area contributed by atoms with Gasteiger partial charge in [0.25, 0.3) is 0 Å². The summed E-state index contributed by atoms with van der Waals surface area (Å²) in [6.07, 6.45) is 11.8. The van der Waals surface area contributed by atoms with Crippen LogP contribution in [0.15, 0.2) is 18.2 Å². The van der Waals surface area contributed by atoms with Crippen LogP contribution >= 0.6 is 0 Å². The van der Waals surface area contributed by atoms with Crippen LogP contribution in [0.2, 0.25) is 0 Å². The normalized spacial score (nSPS) is 12.2. The molecule has 4 heteroatoms. The van der Waals surface area contributed by atoms with Gasteiger partial charge in [-0.2, -0.15) is 0 Å². The maximum atomic E-state index is 13.7. The van der Waals surface area contributed by atoms with Crippen LogP contribution in [-0.4, -0.2) is 12.1 Å². The van der Waals surface area contributed by atoms with Gasteiger partial charge >= 0.3 is 5.97 Å². The SMILES string of the molecule is CCCCCCCCCCC(CCC)OC(=O)c1c(F)cccc1F. The van der Waals surface area contributed by atoms with Crippen molar-refractivity contribution < 1.29 is 18.3 Å². The highest BCUT2D eigenvalue weighted by Gasteiger charge is 2.21. The molecule has 0 aliphatic heterocycles. The Balaban J connectivity index is 2.37. The van der Waals surface area contributed by atoms with E-state index in [4.69, 9.17) is 4.74 Å². The number of hydrogen-bond donors (Lipinski definition) is 0. The fourth-order valence-electron chi connectivity index (χ4n) is 2.99. The zero-order chi connectivity index (χ0) is 18.5. The Morgan fingerprint density at radius 3 is 2.00 bits per heavy atom. The van der Waals surface area contributed by atoms with E-state index >= 15 is 0 Å². The van der Waals surface area contributed by atoms with Crippen LogP contribution < -0.4 is 0 Å². The molecule has 1 unspecified atom stereocenters. The molecule has 0 radical (unpaired) electrons. The second kappa shape index (κ2) is 12.8. The Morgan fingerprint density at radius 1 is 0.880 bits per heavy atom. The van der Waals surface area contributed by atoms with Gasteiger partial charge in [-0.15, -0.1) is 0 Å². The Kier molecular flexibility index (Phi) is 11.1. The van der Waals surface area contributed by atoms with E-state index in [1.54, 1.807) is 0 Å². The lowest BCUT2D eigenvalue weighted by Gasteiger charge is -2.17. The van der Waals surface area contributed by atoms with Gasteiger partial charge in [0.15, 0.2) is 0 Å². The highest BCUT2D eigenvalue weighted by Crippen LogP contribution is 2.19. The topological polar surface area (TPSA) is 26.3 Å². The van der Waals surface area contributed by atoms with E-state index in [2.05, 4.69) is 6.92 Å². The first-order valence-corrected chi connectivity index (χ1v) is 9.75. The number of carbonyl (C=O) groups excluding carboxylic acids is 1. The van der Waals surface area contributed by atoms with Crippen LogP contribution in [0.1, 0.15) is 94.8 Å². The van der Waals surface area contributed by atoms with E-state index in [0.717, 1.165) is 44.2 Å². The first-order chi connectivity index (χ1) is 12.1. The highest BCUT2D eigenvalue weighted by molar-refractivity contribution is 5.90. The van der Waals surface area contributed by atoms with Gasteiger partial charge in [0.2, 0.25) is 0 Å². The summed E-state index contributed by atoms with van der Waals surface area (Å²) in [4.78, 5) is 12.1. The molecule has 1 aromatic rings. The van der Waals surface area contributed by atoms with Crippen molar-refractivity contribution in [3.05, 3.63) is 35.4 Å². The van der Waals surface area contributed by atoms with Gasteiger partial charge < -0.3 is 4.74 Å². The maximum absolute atomic E-state index is 13.7. The molecule has 1 aromatic carbocycles. The number of halogens is 2. The van der Waals surface area contributed by atoms with E-state index in [0.29, 0.717) is 0 Å². The van der Waals surface area contributed by atoms with Crippen LogP contribution in [0.5, 0.6) is 0 Å². The Morgan fingerprint density at radius 2 is 1.44 bits per heavy atom. The van der Waals surface area contributed by atoms with E-state index < -0.39 is 23.2 Å². The fraction of sp³-hybridized carbons (Fsp3) is 0.667. The first-order valence-electron chi connectivity index (χ1n) is 9.75. The highest BCUT2D eigenvalue weighted by atomic mass is 19.1. The lowest BCUT2D eigenvalue weighted by molar-refractivity contribution is 0.0243. The summed E-state index contributed by atoms with van der Waals surface area (Å²) in [5.41, 5.74) is -0.584. The number of ether oxygens (including phenoxy) is 1. The van der Waals surface area contributed by atoms with Crippen LogP contribution in [0.3, 0.4) is 0 Å². The number of unbranched alkanes of at least 4 members (excludes halogenated alkanes) is 7. The number of hydrogen-bond acceptors (Lipinski definition) is 2. The van der Waals surface area contributed by atoms with E-state index in [1.165, 1.54) is 44.6 Å². The van der Waals surface area contributed by atoms with Crippen LogP contribution in [0.4, 0.5) is 8.78 Å². The molecule has 0 bridgehead atoms. The predicted molar refractivity (Wildman–Crippen MR) is 97.7 cm³/mol. The lowest BCUT2D eigenvalue weighted by Crippen LogP contribution is -2.20. The van der Waals surface area contributed by atoms with Gasteiger partial charge in [-0.25, -0.2) is 13.6 Å². The minimum absolute atomic E-state index is 0.267. The maximum Gasteiger partial charge on any atom is 0.344 e.